The molecule has 0 aliphatic carbocycles. The lowest BCUT2D eigenvalue weighted by atomic mass is 10.1. The van der Waals surface area contributed by atoms with E-state index in [9.17, 15) is 9.59 Å². The zero-order valence-electron chi connectivity index (χ0n) is 14.5. The second-order valence-corrected chi connectivity index (χ2v) is 6.53. The molecule has 2 aromatic rings. The number of Topliss-reactive ketones (excluding diaryl/α,β-unsaturated/α-hetero) is 1. The van der Waals surface area contributed by atoms with Gasteiger partial charge in [0.2, 0.25) is 5.91 Å². The van der Waals surface area contributed by atoms with E-state index in [0.29, 0.717) is 41.8 Å². The van der Waals surface area contributed by atoms with Crippen LogP contribution in [0.25, 0.3) is 0 Å². The number of benzene rings is 2. The number of fused-ring (bicyclic) bond motifs is 1. The van der Waals surface area contributed by atoms with Crippen molar-refractivity contribution in [3.05, 3.63) is 58.6 Å². The monoisotopic (exact) mass is 373 g/mol. The first-order valence-electron chi connectivity index (χ1n) is 8.45. The number of ketones is 1. The smallest absolute Gasteiger partial charge is 0.223 e. The van der Waals surface area contributed by atoms with Gasteiger partial charge in [-0.3, -0.25) is 9.59 Å². The van der Waals surface area contributed by atoms with Crippen LogP contribution in [0.5, 0.6) is 11.5 Å². The standard InChI is InChI=1S/C20H20ClNO4/c1-22(13-15-4-2-3-5-16(15)21)20(24)9-7-17(23)14-6-8-18-19(12-14)26-11-10-25-18/h2-6,8,12H,7,9-11,13H2,1H3. The fraction of sp³-hybridized carbons (Fsp3) is 0.300. The summed E-state index contributed by atoms with van der Waals surface area (Å²) in [6, 6.07) is 12.5. The fourth-order valence-electron chi connectivity index (χ4n) is 2.74. The van der Waals surface area contributed by atoms with Crippen LogP contribution in [0.3, 0.4) is 0 Å². The van der Waals surface area contributed by atoms with Gasteiger partial charge in [0.05, 0.1) is 0 Å². The predicted molar refractivity (Wildman–Crippen MR) is 98.9 cm³/mol. The molecular formula is C20H20ClNO4. The van der Waals surface area contributed by atoms with Crippen LogP contribution in [-0.4, -0.2) is 36.9 Å². The molecule has 0 saturated carbocycles. The molecule has 0 unspecified atom stereocenters. The zero-order chi connectivity index (χ0) is 18.5. The minimum absolute atomic E-state index is 0.0959. The Bertz CT molecular complexity index is 821. The Morgan fingerprint density at radius 1 is 1.04 bits per heavy atom. The van der Waals surface area contributed by atoms with Crippen molar-refractivity contribution in [1.82, 2.24) is 4.90 Å². The van der Waals surface area contributed by atoms with E-state index in [0.717, 1.165) is 5.56 Å². The first-order valence-corrected chi connectivity index (χ1v) is 8.82. The van der Waals surface area contributed by atoms with Gasteiger partial charge in [0.25, 0.3) is 0 Å². The Balaban J connectivity index is 1.55. The third-order valence-electron chi connectivity index (χ3n) is 4.22. The van der Waals surface area contributed by atoms with Crippen LogP contribution < -0.4 is 9.47 Å². The molecule has 26 heavy (non-hydrogen) atoms. The van der Waals surface area contributed by atoms with E-state index in [1.54, 1.807) is 36.2 Å². The highest BCUT2D eigenvalue weighted by Gasteiger charge is 2.17. The van der Waals surface area contributed by atoms with Gasteiger partial charge in [0, 0.05) is 37.0 Å². The molecule has 3 rings (SSSR count). The second kappa shape index (κ2) is 8.23. The topological polar surface area (TPSA) is 55.8 Å². The molecule has 1 aliphatic heterocycles. The molecule has 0 radical (unpaired) electrons. The quantitative estimate of drug-likeness (QED) is 0.724. The van der Waals surface area contributed by atoms with Gasteiger partial charge in [-0.1, -0.05) is 29.8 Å². The largest absolute Gasteiger partial charge is 0.486 e. The van der Waals surface area contributed by atoms with Crippen LogP contribution in [0.1, 0.15) is 28.8 Å². The molecular weight excluding hydrogens is 354 g/mol. The average Bonchev–Trinajstić information content (AvgIpc) is 2.67. The molecule has 0 atom stereocenters. The van der Waals surface area contributed by atoms with Crippen molar-refractivity contribution in [2.24, 2.45) is 0 Å². The van der Waals surface area contributed by atoms with Crippen LogP contribution >= 0.6 is 11.6 Å². The molecule has 1 aliphatic rings. The number of hydrogen-bond acceptors (Lipinski definition) is 4. The molecule has 6 heteroatoms. The van der Waals surface area contributed by atoms with Crippen LogP contribution in [0.2, 0.25) is 5.02 Å². The lowest BCUT2D eigenvalue weighted by Crippen LogP contribution is -2.26. The SMILES string of the molecule is CN(Cc1ccccc1Cl)C(=O)CCC(=O)c1ccc2c(c1)OCCO2. The Kier molecular flexibility index (Phi) is 5.78. The van der Waals surface area contributed by atoms with E-state index >= 15 is 0 Å². The van der Waals surface area contributed by atoms with Gasteiger partial charge in [0.15, 0.2) is 17.3 Å². The summed E-state index contributed by atoms with van der Waals surface area (Å²) in [5.74, 6) is 1.02. The van der Waals surface area contributed by atoms with Crippen LogP contribution in [-0.2, 0) is 11.3 Å². The molecule has 0 aromatic heterocycles. The molecule has 0 N–H and O–H groups in total. The Labute approximate surface area is 157 Å². The van der Waals surface area contributed by atoms with Gasteiger partial charge < -0.3 is 14.4 Å². The first-order chi connectivity index (χ1) is 12.5. The number of amides is 1. The predicted octanol–water partition coefficient (Wildman–Crippen LogP) is 3.73. The Morgan fingerprint density at radius 3 is 2.54 bits per heavy atom. The highest BCUT2D eigenvalue weighted by molar-refractivity contribution is 6.31. The van der Waals surface area contributed by atoms with Gasteiger partial charge in [-0.15, -0.1) is 0 Å². The van der Waals surface area contributed by atoms with Gasteiger partial charge in [-0.25, -0.2) is 0 Å². The summed E-state index contributed by atoms with van der Waals surface area (Å²) < 4.78 is 10.9. The van der Waals surface area contributed by atoms with Gasteiger partial charge in [-0.05, 0) is 29.8 Å². The molecule has 5 nitrogen and oxygen atoms in total. The van der Waals surface area contributed by atoms with Crippen LogP contribution in [0, 0.1) is 0 Å². The van der Waals surface area contributed by atoms with Crippen molar-refractivity contribution in [2.45, 2.75) is 19.4 Å². The average molecular weight is 374 g/mol. The van der Waals surface area contributed by atoms with Crippen molar-refractivity contribution < 1.29 is 19.1 Å². The first kappa shape index (κ1) is 18.3. The van der Waals surface area contributed by atoms with Crippen molar-refractivity contribution >= 4 is 23.3 Å². The summed E-state index contributed by atoms with van der Waals surface area (Å²) in [6.07, 6.45) is 0.291. The summed E-state index contributed by atoms with van der Waals surface area (Å²) in [6.45, 7) is 1.39. The number of carbonyl (C=O) groups excluding carboxylic acids is 2. The molecule has 0 bridgehead atoms. The van der Waals surface area contributed by atoms with E-state index in [1.165, 1.54) is 0 Å². The summed E-state index contributed by atoms with van der Waals surface area (Å²) in [7, 11) is 1.71. The third-order valence-corrected chi connectivity index (χ3v) is 4.59. The lowest BCUT2D eigenvalue weighted by molar-refractivity contribution is -0.130. The number of halogens is 1. The fourth-order valence-corrected chi connectivity index (χ4v) is 2.94. The number of rotatable bonds is 6. The molecule has 0 saturated heterocycles. The summed E-state index contributed by atoms with van der Waals surface area (Å²) in [4.78, 5) is 26.3. The van der Waals surface area contributed by atoms with E-state index < -0.39 is 0 Å². The minimum atomic E-state index is -0.101. The van der Waals surface area contributed by atoms with Crippen molar-refractivity contribution in [1.29, 1.82) is 0 Å². The van der Waals surface area contributed by atoms with Gasteiger partial charge >= 0.3 is 0 Å². The van der Waals surface area contributed by atoms with Crippen LogP contribution in [0.15, 0.2) is 42.5 Å². The summed E-state index contributed by atoms with van der Waals surface area (Å²) >= 11 is 6.12. The van der Waals surface area contributed by atoms with E-state index in [1.807, 2.05) is 18.2 Å². The van der Waals surface area contributed by atoms with Crippen molar-refractivity contribution in [2.75, 3.05) is 20.3 Å². The number of carbonyl (C=O) groups is 2. The maximum atomic E-state index is 12.4. The third kappa shape index (κ3) is 4.35. The Hall–Kier alpha value is -2.53. The highest BCUT2D eigenvalue weighted by Crippen LogP contribution is 2.31. The maximum absolute atomic E-state index is 12.4. The maximum Gasteiger partial charge on any atom is 0.223 e. The molecule has 0 fully saturated rings. The number of ether oxygens (including phenoxy) is 2. The molecule has 0 spiro atoms. The summed E-state index contributed by atoms with van der Waals surface area (Å²) in [5.41, 5.74) is 1.40. The second-order valence-electron chi connectivity index (χ2n) is 6.12. The highest BCUT2D eigenvalue weighted by atomic mass is 35.5. The number of hydrogen-bond donors (Lipinski definition) is 0. The van der Waals surface area contributed by atoms with E-state index in [-0.39, 0.29) is 24.5 Å². The van der Waals surface area contributed by atoms with Crippen LogP contribution in [0.4, 0.5) is 0 Å². The van der Waals surface area contributed by atoms with E-state index in [2.05, 4.69) is 0 Å². The molecule has 2 aromatic carbocycles. The van der Waals surface area contributed by atoms with Crippen molar-refractivity contribution in [3.63, 3.8) is 0 Å². The van der Waals surface area contributed by atoms with E-state index in [4.69, 9.17) is 21.1 Å². The van der Waals surface area contributed by atoms with Gasteiger partial charge in [-0.2, -0.15) is 0 Å². The lowest BCUT2D eigenvalue weighted by Gasteiger charge is -2.19. The summed E-state index contributed by atoms with van der Waals surface area (Å²) in [5, 5.41) is 0.625. The van der Waals surface area contributed by atoms with Gasteiger partial charge in [0.1, 0.15) is 13.2 Å². The Morgan fingerprint density at radius 2 is 1.77 bits per heavy atom. The molecule has 1 heterocycles. The minimum Gasteiger partial charge on any atom is -0.486 e. The normalized spacial score (nSPS) is 12.5. The number of nitrogens with zero attached hydrogens (tertiary/aromatic N) is 1. The molecule has 1 amide bonds. The zero-order valence-corrected chi connectivity index (χ0v) is 15.3. The van der Waals surface area contributed by atoms with Crippen molar-refractivity contribution in [3.8, 4) is 11.5 Å². The molecule has 136 valence electrons.